The number of pyridine rings is 1. The second kappa shape index (κ2) is 9.21. The van der Waals surface area contributed by atoms with Crippen molar-refractivity contribution in [1.82, 2.24) is 9.97 Å². The van der Waals surface area contributed by atoms with E-state index in [1.54, 1.807) is 42.7 Å². The highest BCUT2D eigenvalue weighted by molar-refractivity contribution is 7.22. The maximum Gasteiger partial charge on any atom is 0.301 e. The van der Waals surface area contributed by atoms with Crippen LogP contribution in [0.2, 0.25) is 0 Å². The summed E-state index contributed by atoms with van der Waals surface area (Å²) in [4.78, 5) is 36.9. The molecule has 1 amide bonds. The minimum absolute atomic E-state index is 0.0397. The van der Waals surface area contributed by atoms with Crippen LogP contribution in [0.3, 0.4) is 0 Å². The maximum absolute atomic E-state index is 13.4. The molecule has 4 heterocycles. The standard InChI is InChI=1S/C27H21N3O6S/c1-2-34-17-4-5-18-21(14-17)37-27(29-18)30-23(15-7-9-28-10-8-15)22(25(32)26(30)33)24(31)16-3-6-19-20(13-16)36-12-11-35-19/h3-10,13-14,23,31H,2,11-12H2,1H3. The zero-order valence-corrected chi connectivity index (χ0v) is 20.5. The molecular formula is C27H21N3O6S. The van der Waals surface area contributed by atoms with Gasteiger partial charge >= 0.3 is 5.91 Å². The molecule has 4 aromatic rings. The Balaban J connectivity index is 1.50. The number of hydrogen-bond donors (Lipinski definition) is 1. The van der Waals surface area contributed by atoms with Crippen molar-refractivity contribution in [3.63, 3.8) is 0 Å². The fourth-order valence-corrected chi connectivity index (χ4v) is 5.51. The predicted octanol–water partition coefficient (Wildman–Crippen LogP) is 4.49. The van der Waals surface area contributed by atoms with Crippen molar-refractivity contribution in [2.24, 2.45) is 0 Å². The van der Waals surface area contributed by atoms with E-state index in [-0.39, 0.29) is 11.3 Å². The average Bonchev–Trinajstić information content (AvgIpc) is 3.46. The first kappa shape index (κ1) is 23.0. The molecule has 6 rings (SSSR count). The van der Waals surface area contributed by atoms with Gasteiger partial charge in [0.25, 0.3) is 5.78 Å². The minimum Gasteiger partial charge on any atom is -0.507 e. The number of amides is 1. The first-order valence-electron chi connectivity index (χ1n) is 11.7. The van der Waals surface area contributed by atoms with Gasteiger partial charge in [0.1, 0.15) is 24.7 Å². The number of carbonyl (C=O) groups excluding carboxylic acids is 2. The summed E-state index contributed by atoms with van der Waals surface area (Å²) in [6, 6.07) is 12.9. The van der Waals surface area contributed by atoms with Gasteiger partial charge in [-0.2, -0.15) is 0 Å². The highest BCUT2D eigenvalue weighted by Gasteiger charge is 2.48. The van der Waals surface area contributed by atoms with Crippen LogP contribution in [0.25, 0.3) is 16.0 Å². The molecule has 186 valence electrons. The Bertz CT molecular complexity index is 1570. The van der Waals surface area contributed by atoms with Gasteiger partial charge in [0.2, 0.25) is 0 Å². The molecule has 1 N–H and O–H groups in total. The molecule has 0 bridgehead atoms. The lowest BCUT2D eigenvalue weighted by atomic mass is 9.96. The van der Waals surface area contributed by atoms with E-state index in [9.17, 15) is 14.7 Å². The normalized spacial score (nSPS) is 18.4. The molecule has 2 aromatic carbocycles. The summed E-state index contributed by atoms with van der Waals surface area (Å²) in [6.45, 7) is 3.23. The largest absolute Gasteiger partial charge is 0.507 e. The molecule has 1 atom stereocenters. The number of benzene rings is 2. The van der Waals surface area contributed by atoms with Crippen LogP contribution < -0.4 is 19.1 Å². The van der Waals surface area contributed by atoms with Gasteiger partial charge < -0.3 is 19.3 Å². The van der Waals surface area contributed by atoms with Crippen LogP contribution in [0.5, 0.6) is 17.2 Å². The molecule has 0 aliphatic carbocycles. The van der Waals surface area contributed by atoms with E-state index in [1.165, 1.54) is 16.2 Å². The monoisotopic (exact) mass is 515 g/mol. The molecule has 0 saturated carbocycles. The summed E-state index contributed by atoms with van der Waals surface area (Å²) < 4.78 is 17.6. The highest BCUT2D eigenvalue weighted by Crippen LogP contribution is 2.45. The lowest BCUT2D eigenvalue weighted by Gasteiger charge is -2.23. The van der Waals surface area contributed by atoms with Crippen molar-refractivity contribution in [2.75, 3.05) is 24.7 Å². The fourth-order valence-electron chi connectivity index (χ4n) is 4.49. The van der Waals surface area contributed by atoms with Crippen molar-refractivity contribution >= 4 is 44.1 Å². The van der Waals surface area contributed by atoms with Gasteiger partial charge in [0, 0.05) is 18.0 Å². The first-order chi connectivity index (χ1) is 18.0. The molecule has 2 aliphatic heterocycles. The van der Waals surface area contributed by atoms with Gasteiger partial charge in [-0.25, -0.2) is 4.98 Å². The third kappa shape index (κ3) is 3.95. The second-order valence-corrected chi connectivity index (χ2v) is 9.38. The van der Waals surface area contributed by atoms with Crippen LogP contribution in [0, 0.1) is 0 Å². The predicted molar refractivity (Wildman–Crippen MR) is 137 cm³/mol. The van der Waals surface area contributed by atoms with E-state index < -0.39 is 17.7 Å². The summed E-state index contributed by atoms with van der Waals surface area (Å²) in [5, 5.41) is 11.7. The summed E-state index contributed by atoms with van der Waals surface area (Å²) >= 11 is 1.27. The smallest absolute Gasteiger partial charge is 0.301 e. The number of thiazole rings is 1. The molecule has 1 saturated heterocycles. The minimum atomic E-state index is -0.900. The Kier molecular flexibility index (Phi) is 5.72. The number of ketones is 1. The van der Waals surface area contributed by atoms with Gasteiger partial charge in [-0.1, -0.05) is 11.3 Å². The van der Waals surface area contributed by atoms with Crippen LogP contribution in [-0.4, -0.2) is 46.6 Å². The Morgan fingerprint density at radius 3 is 2.65 bits per heavy atom. The quantitative estimate of drug-likeness (QED) is 0.235. The van der Waals surface area contributed by atoms with Crippen LogP contribution in [0.4, 0.5) is 5.13 Å². The van der Waals surface area contributed by atoms with Crippen LogP contribution in [0.15, 0.2) is 66.5 Å². The zero-order valence-electron chi connectivity index (χ0n) is 19.7. The highest BCUT2D eigenvalue weighted by atomic mass is 32.1. The van der Waals surface area contributed by atoms with E-state index in [2.05, 4.69) is 9.97 Å². The number of Topliss-reactive ketones (excluding diaryl/α,β-unsaturated/α-hetero) is 1. The SMILES string of the molecule is CCOc1ccc2nc(N3C(=O)C(=O)C(=C(O)c4ccc5c(c4)OCCO5)C3c3ccncc3)sc2c1. The van der Waals surface area contributed by atoms with Crippen LogP contribution in [-0.2, 0) is 9.59 Å². The van der Waals surface area contributed by atoms with Crippen molar-refractivity contribution in [3.05, 3.63) is 77.6 Å². The Morgan fingerprint density at radius 2 is 1.86 bits per heavy atom. The lowest BCUT2D eigenvalue weighted by Crippen LogP contribution is -2.29. The van der Waals surface area contributed by atoms with E-state index in [0.29, 0.717) is 58.8 Å². The van der Waals surface area contributed by atoms with Gasteiger partial charge in [-0.3, -0.25) is 19.5 Å². The molecule has 9 nitrogen and oxygen atoms in total. The van der Waals surface area contributed by atoms with Crippen molar-refractivity contribution in [1.29, 1.82) is 0 Å². The Labute approximate surface area is 215 Å². The summed E-state index contributed by atoms with van der Waals surface area (Å²) in [6.07, 6.45) is 3.15. The number of anilines is 1. The maximum atomic E-state index is 13.4. The van der Waals surface area contributed by atoms with Gasteiger partial charge in [-0.05, 0) is 61.0 Å². The molecule has 37 heavy (non-hydrogen) atoms. The molecule has 0 spiro atoms. The van der Waals surface area contributed by atoms with E-state index >= 15 is 0 Å². The van der Waals surface area contributed by atoms with Gasteiger partial charge in [-0.15, -0.1) is 0 Å². The van der Waals surface area contributed by atoms with Crippen molar-refractivity contribution in [2.45, 2.75) is 13.0 Å². The van der Waals surface area contributed by atoms with Crippen LogP contribution >= 0.6 is 11.3 Å². The van der Waals surface area contributed by atoms with Crippen molar-refractivity contribution in [3.8, 4) is 17.2 Å². The topological polar surface area (TPSA) is 111 Å². The van der Waals surface area contributed by atoms with Crippen LogP contribution in [0.1, 0.15) is 24.1 Å². The third-order valence-electron chi connectivity index (χ3n) is 6.15. The Morgan fingerprint density at radius 1 is 1.08 bits per heavy atom. The number of ether oxygens (including phenoxy) is 3. The van der Waals surface area contributed by atoms with Gasteiger partial charge in [0.15, 0.2) is 16.6 Å². The second-order valence-electron chi connectivity index (χ2n) is 8.37. The third-order valence-corrected chi connectivity index (χ3v) is 7.17. The van der Waals surface area contributed by atoms with Gasteiger partial charge in [0.05, 0.1) is 28.4 Å². The molecule has 2 aromatic heterocycles. The zero-order chi connectivity index (χ0) is 25.5. The number of hydrogen-bond acceptors (Lipinski definition) is 9. The number of aromatic nitrogens is 2. The summed E-state index contributed by atoms with van der Waals surface area (Å²) in [5.41, 5.74) is 1.59. The number of carbonyl (C=O) groups is 2. The number of aliphatic hydroxyl groups is 1. The van der Waals surface area contributed by atoms with E-state index in [0.717, 1.165) is 4.70 Å². The lowest BCUT2D eigenvalue weighted by molar-refractivity contribution is -0.132. The molecule has 1 unspecified atom stereocenters. The summed E-state index contributed by atoms with van der Waals surface area (Å²) in [5.74, 6) is -0.180. The van der Waals surface area contributed by atoms with Crippen molar-refractivity contribution < 1.29 is 28.9 Å². The molecule has 0 radical (unpaired) electrons. The molecule has 10 heteroatoms. The number of nitrogens with zero attached hydrogens (tertiary/aromatic N) is 3. The van der Waals surface area contributed by atoms with E-state index in [4.69, 9.17) is 14.2 Å². The fraction of sp³-hybridized carbons (Fsp3) is 0.185. The first-order valence-corrected chi connectivity index (χ1v) is 12.5. The average molecular weight is 516 g/mol. The number of aliphatic hydroxyl groups excluding tert-OH is 1. The number of fused-ring (bicyclic) bond motifs is 2. The molecule has 1 fully saturated rings. The Hall–Kier alpha value is -4.44. The molecule has 2 aliphatic rings. The van der Waals surface area contributed by atoms with E-state index in [1.807, 2.05) is 25.1 Å². The summed E-state index contributed by atoms with van der Waals surface area (Å²) in [7, 11) is 0. The molecular weight excluding hydrogens is 494 g/mol. The number of rotatable bonds is 5.